The Kier molecular flexibility index (Phi) is 7.37. The van der Waals surface area contributed by atoms with Crippen molar-refractivity contribution in [2.75, 3.05) is 20.3 Å². The highest BCUT2D eigenvalue weighted by atomic mass is 16.5. The van der Waals surface area contributed by atoms with Gasteiger partial charge >= 0.3 is 0 Å². The molecule has 5 nitrogen and oxygen atoms in total. The van der Waals surface area contributed by atoms with Gasteiger partial charge in [-0.05, 0) is 12.8 Å². The van der Waals surface area contributed by atoms with E-state index in [0.717, 1.165) is 6.42 Å². The van der Waals surface area contributed by atoms with Crippen LogP contribution in [0.4, 0.5) is 0 Å². The molecule has 0 aromatic carbocycles. The van der Waals surface area contributed by atoms with Crippen LogP contribution in [0.25, 0.3) is 0 Å². The van der Waals surface area contributed by atoms with Crippen molar-refractivity contribution in [3.63, 3.8) is 0 Å². The molecule has 0 spiro atoms. The van der Waals surface area contributed by atoms with Gasteiger partial charge in [0.15, 0.2) is 0 Å². The molecular formula is C9H20N2O3. The second kappa shape index (κ2) is 7.73. The van der Waals surface area contributed by atoms with Gasteiger partial charge in [0.25, 0.3) is 5.91 Å². The maximum absolute atomic E-state index is 11.5. The van der Waals surface area contributed by atoms with E-state index in [0.29, 0.717) is 6.42 Å². The van der Waals surface area contributed by atoms with E-state index in [1.165, 1.54) is 7.11 Å². The molecule has 14 heavy (non-hydrogen) atoms. The Bertz CT molecular complexity index is 160. The van der Waals surface area contributed by atoms with E-state index in [9.17, 15) is 4.79 Å². The maximum atomic E-state index is 11.5. The summed E-state index contributed by atoms with van der Waals surface area (Å²) in [4.78, 5) is 11.5. The van der Waals surface area contributed by atoms with E-state index >= 15 is 0 Å². The fraction of sp³-hybridized carbons (Fsp3) is 0.889. The monoisotopic (exact) mass is 204 g/mol. The van der Waals surface area contributed by atoms with Crippen molar-refractivity contribution in [1.29, 1.82) is 0 Å². The first-order valence-corrected chi connectivity index (χ1v) is 4.83. The molecule has 84 valence electrons. The summed E-state index contributed by atoms with van der Waals surface area (Å²) in [6.45, 7) is 2.18. The van der Waals surface area contributed by atoms with Crippen molar-refractivity contribution in [3.05, 3.63) is 0 Å². The smallest absolute Gasteiger partial charge is 0.250 e. The molecule has 2 atom stereocenters. The minimum absolute atomic E-state index is 0.00306. The predicted octanol–water partition coefficient (Wildman–Crippen LogP) is -0.763. The molecule has 0 aliphatic heterocycles. The fourth-order valence-electron chi connectivity index (χ4n) is 1.14. The van der Waals surface area contributed by atoms with E-state index < -0.39 is 6.10 Å². The number of methoxy groups -OCH3 is 1. The van der Waals surface area contributed by atoms with Crippen molar-refractivity contribution in [1.82, 2.24) is 5.32 Å². The molecule has 4 N–H and O–H groups in total. The molecule has 1 amide bonds. The number of nitrogens with two attached hydrogens (primary N) is 1. The van der Waals surface area contributed by atoms with E-state index in [-0.39, 0.29) is 25.1 Å². The molecule has 5 heteroatoms. The Morgan fingerprint density at radius 1 is 1.64 bits per heavy atom. The van der Waals surface area contributed by atoms with Crippen LogP contribution in [0.1, 0.15) is 19.8 Å². The number of nitrogens with one attached hydrogen (secondary N) is 1. The number of hydrogen-bond donors (Lipinski definition) is 3. The summed E-state index contributed by atoms with van der Waals surface area (Å²) < 4.78 is 4.89. The van der Waals surface area contributed by atoms with Crippen LogP contribution < -0.4 is 11.1 Å². The summed E-state index contributed by atoms with van der Waals surface area (Å²) in [5.41, 5.74) is 5.34. The van der Waals surface area contributed by atoms with E-state index in [1.807, 2.05) is 6.92 Å². The normalized spacial score (nSPS) is 14.9. The zero-order valence-electron chi connectivity index (χ0n) is 8.82. The van der Waals surface area contributed by atoms with Crippen molar-refractivity contribution in [2.45, 2.75) is 31.9 Å². The van der Waals surface area contributed by atoms with Crippen LogP contribution in [0.5, 0.6) is 0 Å². The summed E-state index contributed by atoms with van der Waals surface area (Å²) in [6.07, 6.45) is 0.749. The molecule has 0 aliphatic carbocycles. The number of hydrogen-bond acceptors (Lipinski definition) is 4. The van der Waals surface area contributed by atoms with Crippen LogP contribution >= 0.6 is 0 Å². The highest BCUT2D eigenvalue weighted by Gasteiger charge is 2.18. The Morgan fingerprint density at radius 2 is 2.29 bits per heavy atom. The largest absolute Gasteiger partial charge is 0.396 e. The molecule has 0 bridgehead atoms. The topological polar surface area (TPSA) is 84.6 Å². The minimum atomic E-state index is -0.595. The molecule has 0 aromatic heterocycles. The predicted molar refractivity (Wildman–Crippen MR) is 53.8 cm³/mol. The SMILES string of the molecule is CCC(CCO)NC(=O)C(CN)OC. The first-order valence-electron chi connectivity index (χ1n) is 4.83. The summed E-state index contributed by atoms with van der Waals surface area (Å²) in [6, 6.07) is -0.00306. The van der Waals surface area contributed by atoms with Crippen molar-refractivity contribution < 1.29 is 14.6 Å². The molecular weight excluding hydrogens is 184 g/mol. The van der Waals surface area contributed by atoms with Gasteiger partial charge in [0.2, 0.25) is 0 Å². The molecule has 0 aromatic rings. The first-order chi connectivity index (χ1) is 6.69. The van der Waals surface area contributed by atoms with Crippen LogP contribution in [0.15, 0.2) is 0 Å². The lowest BCUT2D eigenvalue weighted by Crippen LogP contribution is -2.45. The molecule has 2 unspecified atom stereocenters. The van der Waals surface area contributed by atoms with Crippen LogP contribution in [0.2, 0.25) is 0 Å². The molecule has 0 rings (SSSR count). The van der Waals surface area contributed by atoms with Crippen LogP contribution in [-0.4, -0.2) is 43.4 Å². The number of aliphatic hydroxyl groups excluding tert-OH is 1. The van der Waals surface area contributed by atoms with Gasteiger partial charge in [-0.1, -0.05) is 6.92 Å². The second-order valence-electron chi connectivity index (χ2n) is 3.09. The highest BCUT2D eigenvalue weighted by molar-refractivity contribution is 5.81. The van der Waals surface area contributed by atoms with Gasteiger partial charge in [-0.2, -0.15) is 0 Å². The molecule has 0 fully saturated rings. The third kappa shape index (κ3) is 4.55. The average molecular weight is 204 g/mol. The Labute approximate surface area is 84.6 Å². The third-order valence-electron chi connectivity index (χ3n) is 2.11. The first kappa shape index (κ1) is 13.4. The van der Waals surface area contributed by atoms with Gasteiger partial charge in [-0.15, -0.1) is 0 Å². The zero-order valence-corrected chi connectivity index (χ0v) is 8.82. The quantitative estimate of drug-likeness (QED) is 0.509. The van der Waals surface area contributed by atoms with Crippen LogP contribution in [-0.2, 0) is 9.53 Å². The second-order valence-corrected chi connectivity index (χ2v) is 3.09. The molecule has 0 radical (unpaired) electrons. The lowest BCUT2D eigenvalue weighted by Gasteiger charge is -2.19. The summed E-state index contributed by atoms with van der Waals surface area (Å²) in [5, 5.41) is 11.5. The lowest BCUT2D eigenvalue weighted by molar-refractivity contribution is -0.131. The van der Waals surface area contributed by atoms with Gasteiger partial charge in [0.1, 0.15) is 6.10 Å². The number of carbonyl (C=O) groups is 1. The maximum Gasteiger partial charge on any atom is 0.250 e. The minimum Gasteiger partial charge on any atom is -0.396 e. The summed E-state index contributed by atoms with van der Waals surface area (Å²) >= 11 is 0. The van der Waals surface area contributed by atoms with Crippen LogP contribution in [0, 0.1) is 0 Å². The Hall–Kier alpha value is -0.650. The van der Waals surface area contributed by atoms with Gasteiger partial charge < -0.3 is 20.9 Å². The van der Waals surface area contributed by atoms with Gasteiger partial charge in [-0.25, -0.2) is 0 Å². The Morgan fingerprint density at radius 3 is 2.64 bits per heavy atom. The van der Waals surface area contributed by atoms with Crippen molar-refractivity contribution in [3.8, 4) is 0 Å². The van der Waals surface area contributed by atoms with E-state index in [4.69, 9.17) is 15.6 Å². The van der Waals surface area contributed by atoms with E-state index in [2.05, 4.69) is 5.32 Å². The number of amides is 1. The number of carbonyl (C=O) groups excluding carboxylic acids is 1. The molecule has 0 saturated heterocycles. The lowest BCUT2D eigenvalue weighted by atomic mass is 10.1. The molecule has 0 aliphatic rings. The standard InChI is InChI=1S/C9H20N2O3/c1-3-7(4-5-12)11-9(13)8(6-10)14-2/h7-8,12H,3-6,10H2,1-2H3,(H,11,13). The highest BCUT2D eigenvalue weighted by Crippen LogP contribution is 1.98. The fourth-order valence-corrected chi connectivity index (χ4v) is 1.14. The zero-order chi connectivity index (χ0) is 11.0. The third-order valence-corrected chi connectivity index (χ3v) is 2.11. The Balaban J connectivity index is 3.99. The van der Waals surface area contributed by atoms with Gasteiger partial charge in [0.05, 0.1) is 0 Å². The molecule has 0 heterocycles. The summed E-state index contributed by atoms with van der Waals surface area (Å²) in [5.74, 6) is -0.213. The van der Waals surface area contributed by atoms with Crippen LogP contribution in [0.3, 0.4) is 0 Å². The number of rotatable bonds is 7. The van der Waals surface area contributed by atoms with Gasteiger partial charge in [-0.3, -0.25) is 4.79 Å². The molecule has 0 saturated carbocycles. The summed E-state index contributed by atoms with van der Waals surface area (Å²) in [7, 11) is 1.45. The van der Waals surface area contributed by atoms with E-state index in [1.54, 1.807) is 0 Å². The number of ether oxygens (including phenoxy) is 1. The van der Waals surface area contributed by atoms with Crippen molar-refractivity contribution in [2.24, 2.45) is 5.73 Å². The van der Waals surface area contributed by atoms with Gasteiger partial charge in [0, 0.05) is 26.3 Å². The average Bonchev–Trinajstić information content (AvgIpc) is 2.19. The number of aliphatic hydroxyl groups is 1. The van der Waals surface area contributed by atoms with Crippen molar-refractivity contribution >= 4 is 5.91 Å².